The predicted molar refractivity (Wildman–Crippen MR) is 78.6 cm³/mol. The van der Waals surface area contributed by atoms with Crippen LogP contribution in [0.3, 0.4) is 0 Å². The van der Waals surface area contributed by atoms with Crippen LogP contribution in [-0.2, 0) is 4.79 Å². The van der Waals surface area contributed by atoms with Gasteiger partial charge in [-0.05, 0) is 38.1 Å². The molecule has 0 aromatic heterocycles. The molecular formula is C15H18N4O2. The van der Waals surface area contributed by atoms with Crippen molar-refractivity contribution in [1.82, 2.24) is 10.2 Å². The van der Waals surface area contributed by atoms with Gasteiger partial charge in [0.15, 0.2) is 0 Å². The number of rotatable bonds is 3. The highest BCUT2D eigenvalue weighted by molar-refractivity contribution is 5.90. The average Bonchev–Trinajstić information content (AvgIpc) is 2.80. The number of carbonyl (C=O) groups is 2. The molecule has 1 atom stereocenters. The van der Waals surface area contributed by atoms with E-state index >= 15 is 0 Å². The number of urea groups is 1. The molecule has 6 nitrogen and oxygen atoms in total. The third kappa shape index (κ3) is 3.72. The molecule has 0 spiro atoms. The summed E-state index contributed by atoms with van der Waals surface area (Å²) in [5.74, 6) is 0.0636. The maximum Gasteiger partial charge on any atom is 0.319 e. The van der Waals surface area contributed by atoms with Crippen LogP contribution in [0, 0.1) is 11.3 Å². The summed E-state index contributed by atoms with van der Waals surface area (Å²) in [6.07, 6.45) is 0.332. The second-order valence-corrected chi connectivity index (χ2v) is 5.33. The maximum atomic E-state index is 11.9. The lowest BCUT2D eigenvalue weighted by molar-refractivity contribution is -0.129. The lowest BCUT2D eigenvalue weighted by atomic mass is 10.2. The fraction of sp³-hybridized carbons (Fsp3) is 0.400. The lowest BCUT2D eigenvalue weighted by Gasteiger charge is -2.21. The van der Waals surface area contributed by atoms with E-state index in [9.17, 15) is 9.59 Å². The first-order valence-corrected chi connectivity index (χ1v) is 6.86. The van der Waals surface area contributed by atoms with E-state index in [2.05, 4.69) is 10.6 Å². The number of nitrogens with one attached hydrogen (secondary N) is 2. The summed E-state index contributed by atoms with van der Waals surface area (Å²) in [6, 6.07) is 8.25. The Hall–Kier alpha value is -2.55. The number of benzene rings is 1. The second-order valence-electron chi connectivity index (χ2n) is 5.33. The summed E-state index contributed by atoms with van der Waals surface area (Å²) in [4.78, 5) is 25.4. The molecule has 1 heterocycles. The highest BCUT2D eigenvalue weighted by Crippen LogP contribution is 2.14. The minimum Gasteiger partial charge on any atom is -0.338 e. The van der Waals surface area contributed by atoms with Crippen LogP contribution in [0.15, 0.2) is 24.3 Å². The summed E-state index contributed by atoms with van der Waals surface area (Å²) in [5, 5.41) is 14.2. The molecule has 1 aliphatic heterocycles. The molecule has 110 valence electrons. The van der Waals surface area contributed by atoms with Crippen LogP contribution in [0.25, 0.3) is 0 Å². The fourth-order valence-electron chi connectivity index (χ4n) is 2.31. The zero-order chi connectivity index (χ0) is 15.4. The van der Waals surface area contributed by atoms with Gasteiger partial charge in [-0.25, -0.2) is 4.79 Å². The molecular weight excluding hydrogens is 268 g/mol. The molecule has 0 bridgehead atoms. The quantitative estimate of drug-likeness (QED) is 0.886. The van der Waals surface area contributed by atoms with Crippen molar-refractivity contribution in [3.63, 3.8) is 0 Å². The van der Waals surface area contributed by atoms with Gasteiger partial charge in [-0.2, -0.15) is 5.26 Å². The third-order valence-corrected chi connectivity index (χ3v) is 3.39. The zero-order valence-electron chi connectivity index (χ0n) is 12.1. The van der Waals surface area contributed by atoms with Crippen molar-refractivity contribution in [2.45, 2.75) is 32.4 Å². The SMILES string of the molecule is CC(C)N1CC(NC(=O)Nc2ccc(C#N)cc2)CC1=O. The van der Waals surface area contributed by atoms with Gasteiger partial charge in [0.2, 0.25) is 5.91 Å². The van der Waals surface area contributed by atoms with Gasteiger partial charge in [0.1, 0.15) is 0 Å². The summed E-state index contributed by atoms with van der Waals surface area (Å²) in [7, 11) is 0. The topological polar surface area (TPSA) is 85.2 Å². The molecule has 1 saturated heterocycles. The molecule has 2 rings (SSSR count). The van der Waals surface area contributed by atoms with Crippen molar-refractivity contribution in [2.24, 2.45) is 0 Å². The van der Waals surface area contributed by atoms with Crippen molar-refractivity contribution >= 4 is 17.6 Å². The van der Waals surface area contributed by atoms with E-state index in [4.69, 9.17) is 5.26 Å². The summed E-state index contributed by atoms with van der Waals surface area (Å²) >= 11 is 0. The van der Waals surface area contributed by atoms with Crippen LogP contribution in [0.4, 0.5) is 10.5 Å². The van der Waals surface area contributed by atoms with Gasteiger partial charge in [0.25, 0.3) is 0 Å². The first-order valence-electron chi connectivity index (χ1n) is 6.86. The van der Waals surface area contributed by atoms with E-state index in [1.807, 2.05) is 19.9 Å². The number of anilines is 1. The van der Waals surface area contributed by atoms with Crippen LogP contribution >= 0.6 is 0 Å². The monoisotopic (exact) mass is 286 g/mol. The normalized spacial score (nSPS) is 17.7. The highest BCUT2D eigenvalue weighted by atomic mass is 16.2. The minimum absolute atomic E-state index is 0.0636. The van der Waals surface area contributed by atoms with Crippen LogP contribution in [0.5, 0.6) is 0 Å². The van der Waals surface area contributed by atoms with Crippen LogP contribution in [-0.4, -0.2) is 35.5 Å². The minimum atomic E-state index is -0.344. The second kappa shape index (κ2) is 6.27. The fourth-order valence-corrected chi connectivity index (χ4v) is 2.31. The molecule has 1 aliphatic rings. The molecule has 0 saturated carbocycles. The van der Waals surface area contributed by atoms with Gasteiger partial charge in [-0.1, -0.05) is 0 Å². The van der Waals surface area contributed by atoms with Gasteiger partial charge in [0, 0.05) is 24.7 Å². The molecule has 21 heavy (non-hydrogen) atoms. The molecule has 0 aliphatic carbocycles. The van der Waals surface area contributed by atoms with E-state index in [0.29, 0.717) is 24.2 Å². The third-order valence-electron chi connectivity index (χ3n) is 3.39. The summed E-state index contributed by atoms with van der Waals surface area (Å²) in [6.45, 7) is 4.45. The number of carbonyl (C=O) groups excluding carboxylic acids is 2. The van der Waals surface area contributed by atoms with Gasteiger partial charge in [0.05, 0.1) is 17.7 Å². The molecule has 6 heteroatoms. The number of hydrogen-bond donors (Lipinski definition) is 2. The van der Waals surface area contributed by atoms with Gasteiger partial charge < -0.3 is 15.5 Å². The van der Waals surface area contributed by atoms with Crippen molar-refractivity contribution in [3.05, 3.63) is 29.8 Å². The Morgan fingerprint density at radius 3 is 2.57 bits per heavy atom. The van der Waals surface area contributed by atoms with E-state index in [0.717, 1.165) is 0 Å². The molecule has 2 N–H and O–H groups in total. The molecule has 1 unspecified atom stereocenters. The Kier molecular flexibility index (Phi) is 4.43. The van der Waals surface area contributed by atoms with E-state index in [1.165, 1.54) is 0 Å². The Bertz CT molecular complexity index is 574. The van der Waals surface area contributed by atoms with Crippen molar-refractivity contribution in [1.29, 1.82) is 5.26 Å². The lowest BCUT2D eigenvalue weighted by Crippen LogP contribution is -2.40. The van der Waals surface area contributed by atoms with Crippen molar-refractivity contribution in [2.75, 3.05) is 11.9 Å². The highest BCUT2D eigenvalue weighted by Gasteiger charge is 2.31. The molecule has 3 amide bonds. The predicted octanol–water partition coefficient (Wildman–Crippen LogP) is 1.69. The number of nitrogens with zero attached hydrogens (tertiary/aromatic N) is 2. The molecule has 0 radical (unpaired) electrons. The van der Waals surface area contributed by atoms with Gasteiger partial charge >= 0.3 is 6.03 Å². The Balaban J connectivity index is 1.88. The largest absolute Gasteiger partial charge is 0.338 e. The van der Waals surface area contributed by atoms with Gasteiger partial charge in [-0.15, -0.1) is 0 Å². The zero-order valence-corrected chi connectivity index (χ0v) is 12.1. The summed E-state index contributed by atoms with van der Waals surface area (Å²) in [5.41, 5.74) is 1.14. The van der Waals surface area contributed by atoms with Crippen LogP contribution < -0.4 is 10.6 Å². The average molecular weight is 286 g/mol. The van der Waals surface area contributed by atoms with Gasteiger partial charge in [-0.3, -0.25) is 4.79 Å². The molecule has 1 aromatic carbocycles. The molecule has 1 fully saturated rings. The van der Waals surface area contributed by atoms with Crippen molar-refractivity contribution < 1.29 is 9.59 Å². The van der Waals surface area contributed by atoms with E-state index < -0.39 is 0 Å². The number of hydrogen-bond acceptors (Lipinski definition) is 3. The number of nitriles is 1. The maximum absolute atomic E-state index is 11.9. The summed E-state index contributed by atoms with van der Waals surface area (Å²) < 4.78 is 0. The first-order chi connectivity index (χ1) is 9.99. The van der Waals surface area contributed by atoms with Crippen LogP contribution in [0.1, 0.15) is 25.8 Å². The Morgan fingerprint density at radius 1 is 1.38 bits per heavy atom. The number of amides is 3. The first kappa shape index (κ1) is 14.9. The van der Waals surface area contributed by atoms with E-state index in [-0.39, 0.29) is 24.0 Å². The standard InChI is InChI=1S/C15H18N4O2/c1-10(2)19-9-13(7-14(19)20)18-15(21)17-12-5-3-11(8-16)4-6-12/h3-6,10,13H,7,9H2,1-2H3,(H2,17,18,21). The van der Waals surface area contributed by atoms with Crippen molar-refractivity contribution in [3.8, 4) is 6.07 Å². The Morgan fingerprint density at radius 2 is 2.05 bits per heavy atom. The van der Waals surface area contributed by atoms with E-state index in [1.54, 1.807) is 29.2 Å². The number of likely N-dealkylation sites (tertiary alicyclic amines) is 1. The molecule has 1 aromatic rings. The Labute approximate surface area is 123 Å². The smallest absolute Gasteiger partial charge is 0.319 e. The van der Waals surface area contributed by atoms with Crippen LogP contribution in [0.2, 0.25) is 0 Å².